The van der Waals surface area contributed by atoms with Crippen molar-refractivity contribution < 1.29 is 24.2 Å². The van der Waals surface area contributed by atoms with E-state index in [-0.39, 0.29) is 18.8 Å². The minimum Gasteiger partial charge on any atom is -0.488 e. The lowest BCUT2D eigenvalue weighted by molar-refractivity contribution is -0.155. The first-order valence-electron chi connectivity index (χ1n) is 12.4. The quantitative estimate of drug-likeness (QED) is 0.355. The molecule has 1 amide bonds. The molecule has 1 aliphatic heterocycles. The molecule has 0 fully saturated rings. The molecular weight excluding hydrogens is 480 g/mol. The fraction of sp³-hybridized carbons (Fsp3) is 0.194. The van der Waals surface area contributed by atoms with Gasteiger partial charge in [-0.05, 0) is 29.7 Å². The number of pyridine rings is 1. The van der Waals surface area contributed by atoms with Gasteiger partial charge < -0.3 is 19.5 Å². The van der Waals surface area contributed by atoms with E-state index in [1.165, 1.54) is 4.90 Å². The summed E-state index contributed by atoms with van der Waals surface area (Å²) in [6.45, 7) is 2.44. The van der Waals surface area contributed by atoms with Crippen molar-refractivity contribution in [2.45, 2.75) is 38.6 Å². The molecule has 7 nitrogen and oxygen atoms in total. The van der Waals surface area contributed by atoms with Crippen LogP contribution in [-0.2, 0) is 29.2 Å². The van der Waals surface area contributed by atoms with Crippen LogP contribution in [0.2, 0.25) is 0 Å². The number of carbonyl (C=O) groups is 2. The van der Waals surface area contributed by atoms with Crippen LogP contribution in [-0.4, -0.2) is 32.9 Å². The summed E-state index contributed by atoms with van der Waals surface area (Å²) in [4.78, 5) is 32.0. The van der Waals surface area contributed by atoms with Crippen LogP contribution in [0.25, 0.3) is 0 Å². The van der Waals surface area contributed by atoms with Gasteiger partial charge in [-0.2, -0.15) is 0 Å². The molecule has 38 heavy (non-hydrogen) atoms. The molecule has 0 spiro atoms. The Balaban J connectivity index is 1.47. The highest BCUT2D eigenvalue weighted by molar-refractivity contribution is 5.88. The van der Waals surface area contributed by atoms with Gasteiger partial charge >= 0.3 is 5.97 Å². The molecule has 0 saturated heterocycles. The summed E-state index contributed by atoms with van der Waals surface area (Å²) in [5, 5.41) is 10.2. The number of hydrogen-bond acceptors (Lipinski definition) is 5. The third kappa shape index (κ3) is 5.37. The van der Waals surface area contributed by atoms with Crippen LogP contribution in [0.15, 0.2) is 97.2 Å². The average molecular weight is 509 g/mol. The zero-order valence-electron chi connectivity index (χ0n) is 21.0. The molecule has 0 bridgehead atoms. The van der Waals surface area contributed by atoms with Crippen molar-refractivity contribution in [3.8, 4) is 11.6 Å². The summed E-state index contributed by atoms with van der Waals surface area (Å²) in [7, 11) is 0. The Morgan fingerprint density at radius 2 is 1.68 bits per heavy atom. The van der Waals surface area contributed by atoms with Gasteiger partial charge in [0.15, 0.2) is 0 Å². The van der Waals surface area contributed by atoms with Crippen molar-refractivity contribution in [3.63, 3.8) is 0 Å². The maximum Gasteiger partial charge on any atom is 0.326 e. The number of hydrogen-bond donors (Lipinski definition) is 1. The van der Waals surface area contributed by atoms with Crippen molar-refractivity contribution in [3.05, 3.63) is 125 Å². The Kier molecular flexibility index (Phi) is 7.35. The topological polar surface area (TPSA) is 89.0 Å². The predicted molar refractivity (Wildman–Crippen MR) is 142 cm³/mol. The molecule has 7 heteroatoms. The second-order valence-corrected chi connectivity index (χ2v) is 9.22. The lowest BCUT2D eigenvalue weighted by atomic mass is 9.90. The molecule has 1 N–H and O–H groups in total. The summed E-state index contributed by atoms with van der Waals surface area (Å²) < 4.78 is 12.3. The van der Waals surface area contributed by atoms with E-state index in [4.69, 9.17) is 9.47 Å². The number of fused-ring (bicyclic) bond motifs is 1. The van der Waals surface area contributed by atoms with E-state index >= 15 is 0 Å². The molecular formula is C31H28N2O5. The highest BCUT2D eigenvalue weighted by Crippen LogP contribution is 2.36. The van der Waals surface area contributed by atoms with Gasteiger partial charge in [-0.3, -0.25) is 4.79 Å². The van der Waals surface area contributed by atoms with Gasteiger partial charge in [-0.1, -0.05) is 78.9 Å². The molecule has 0 radical (unpaired) electrons. The molecule has 2 heterocycles. The SMILES string of the molecule is Cc1ccc2c(c1OCc1ccccc1)C[C@@H](C(=O)O)N(C(=O)[C@@H](Oc1ccccn1)c1ccccc1)C2. The third-order valence-corrected chi connectivity index (χ3v) is 6.67. The van der Waals surface area contributed by atoms with Gasteiger partial charge in [-0.15, -0.1) is 0 Å². The Bertz CT molecular complexity index is 1410. The van der Waals surface area contributed by atoms with Crippen LogP contribution in [0.3, 0.4) is 0 Å². The number of aromatic nitrogens is 1. The molecule has 1 aromatic heterocycles. The van der Waals surface area contributed by atoms with Crippen LogP contribution in [0.1, 0.15) is 33.9 Å². The average Bonchev–Trinajstić information content (AvgIpc) is 2.96. The predicted octanol–water partition coefficient (Wildman–Crippen LogP) is 5.13. The summed E-state index contributed by atoms with van der Waals surface area (Å²) in [5.74, 6) is -0.559. The van der Waals surface area contributed by atoms with E-state index < -0.39 is 24.0 Å². The molecule has 192 valence electrons. The normalized spacial score (nSPS) is 15.3. The Morgan fingerprint density at radius 3 is 2.37 bits per heavy atom. The van der Waals surface area contributed by atoms with Gasteiger partial charge in [0.1, 0.15) is 18.4 Å². The first-order chi connectivity index (χ1) is 18.5. The lowest BCUT2D eigenvalue weighted by Crippen LogP contribution is -2.51. The van der Waals surface area contributed by atoms with Crippen LogP contribution < -0.4 is 9.47 Å². The van der Waals surface area contributed by atoms with Gasteiger partial charge in [0.25, 0.3) is 5.91 Å². The van der Waals surface area contributed by atoms with Gasteiger partial charge in [0, 0.05) is 36.4 Å². The molecule has 1 aliphatic rings. The number of ether oxygens (including phenoxy) is 2. The highest BCUT2D eigenvalue weighted by Gasteiger charge is 2.40. The van der Waals surface area contributed by atoms with Crippen LogP contribution in [0.5, 0.6) is 11.6 Å². The van der Waals surface area contributed by atoms with Crippen molar-refractivity contribution >= 4 is 11.9 Å². The van der Waals surface area contributed by atoms with E-state index in [0.29, 0.717) is 17.9 Å². The van der Waals surface area contributed by atoms with Crippen LogP contribution in [0.4, 0.5) is 0 Å². The smallest absolute Gasteiger partial charge is 0.326 e. The van der Waals surface area contributed by atoms with Crippen molar-refractivity contribution in [2.24, 2.45) is 0 Å². The minimum atomic E-state index is -1.08. The summed E-state index contributed by atoms with van der Waals surface area (Å²) in [6.07, 6.45) is 0.667. The minimum absolute atomic E-state index is 0.127. The highest BCUT2D eigenvalue weighted by atomic mass is 16.5. The van der Waals surface area contributed by atoms with Crippen molar-refractivity contribution in [1.29, 1.82) is 0 Å². The Morgan fingerprint density at radius 1 is 0.974 bits per heavy atom. The second-order valence-electron chi connectivity index (χ2n) is 9.22. The lowest BCUT2D eigenvalue weighted by Gasteiger charge is -2.37. The maximum absolute atomic E-state index is 14.0. The standard InChI is InChI=1S/C31H28N2O5/c1-21-15-16-24-19-33(26(31(35)36)18-25(24)28(21)37-20-22-10-4-2-5-11-22)30(34)29(23-12-6-3-7-13-23)38-27-14-8-9-17-32-27/h2-17,26,29H,18-20H2,1H3,(H,35,36)/t26-,29-/m0/s1. The number of carboxylic acid groups (broad SMARTS) is 1. The van der Waals surface area contributed by atoms with Gasteiger partial charge in [0.05, 0.1) is 0 Å². The molecule has 0 unspecified atom stereocenters. The largest absolute Gasteiger partial charge is 0.488 e. The Hall–Kier alpha value is -4.65. The molecule has 4 aromatic rings. The van der Waals surface area contributed by atoms with Crippen molar-refractivity contribution in [1.82, 2.24) is 9.88 Å². The number of aliphatic carboxylic acids is 1. The number of aryl methyl sites for hydroxylation is 1. The molecule has 0 aliphatic carbocycles. The first kappa shape index (κ1) is 25.0. The molecule has 2 atom stereocenters. The van der Waals surface area contributed by atoms with Crippen LogP contribution >= 0.6 is 0 Å². The van der Waals surface area contributed by atoms with E-state index in [1.807, 2.05) is 67.6 Å². The summed E-state index contributed by atoms with van der Waals surface area (Å²) in [5.41, 5.74) is 4.23. The molecule has 0 saturated carbocycles. The zero-order valence-corrected chi connectivity index (χ0v) is 21.0. The van der Waals surface area contributed by atoms with E-state index in [9.17, 15) is 14.7 Å². The fourth-order valence-electron chi connectivity index (χ4n) is 4.71. The van der Waals surface area contributed by atoms with Crippen molar-refractivity contribution in [2.75, 3.05) is 0 Å². The number of nitrogens with zero attached hydrogens (tertiary/aromatic N) is 2. The van der Waals surface area contributed by atoms with Gasteiger partial charge in [0.2, 0.25) is 12.0 Å². The van der Waals surface area contributed by atoms with Crippen LogP contribution in [0, 0.1) is 6.92 Å². The first-order valence-corrected chi connectivity index (χ1v) is 12.4. The van der Waals surface area contributed by atoms with E-state index in [1.54, 1.807) is 36.5 Å². The molecule has 3 aromatic carbocycles. The summed E-state index contributed by atoms with van der Waals surface area (Å²) in [6, 6.07) is 26.9. The number of rotatable bonds is 8. The van der Waals surface area contributed by atoms with Gasteiger partial charge in [-0.25, -0.2) is 9.78 Å². The Labute approximate surface area is 221 Å². The van der Waals surface area contributed by atoms with E-state index in [2.05, 4.69) is 4.98 Å². The number of carbonyl (C=O) groups excluding carboxylic acids is 1. The molecule has 5 rings (SSSR count). The maximum atomic E-state index is 14.0. The fourth-order valence-corrected chi connectivity index (χ4v) is 4.71. The number of carboxylic acids is 1. The third-order valence-electron chi connectivity index (χ3n) is 6.67. The van der Waals surface area contributed by atoms with E-state index in [0.717, 1.165) is 22.3 Å². The monoisotopic (exact) mass is 508 g/mol. The number of amides is 1. The zero-order chi connectivity index (χ0) is 26.5. The summed E-state index contributed by atoms with van der Waals surface area (Å²) >= 11 is 0. The number of benzene rings is 3. The second kappa shape index (κ2) is 11.2.